The van der Waals surface area contributed by atoms with Gasteiger partial charge in [0.2, 0.25) is 5.95 Å². The van der Waals surface area contributed by atoms with Gasteiger partial charge in [0, 0.05) is 37.1 Å². The molecule has 2 aromatic rings. The second kappa shape index (κ2) is 6.51. The second-order valence-corrected chi connectivity index (χ2v) is 5.29. The van der Waals surface area contributed by atoms with E-state index in [1.165, 1.54) is 24.3 Å². The summed E-state index contributed by atoms with van der Waals surface area (Å²) in [5.41, 5.74) is 0.482. The van der Waals surface area contributed by atoms with Gasteiger partial charge in [-0.3, -0.25) is 4.79 Å². The fourth-order valence-corrected chi connectivity index (χ4v) is 2.55. The maximum atomic E-state index is 12.9. The number of amides is 1. The van der Waals surface area contributed by atoms with Crippen LogP contribution >= 0.6 is 0 Å². The highest BCUT2D eigenvalue weighted by molar-refractivity contribution is 5.94. The van der Waals surface area contributed by atoms with Crippen molar-refractivity contribution in [3.05, 3.63) is 54.1 Å². The minimum atomic E-state index is -0.340. The van der Waals surface area contributed by atoms with Crippen LogP contribution in [0, 0.1) is 5.82 Å². The van der Waals surface area contributed by atoms with Crippen LogP contribution in [0.15, 0.2) is 42.7 Å². The van der Waals surface area contributed by atoms with Gasteiger partial charge in [-0.05, 0) is 43.2 Å². The van der Waals surface area contributed by atoms with Gasteiger partial charge in [-0.2, -0.15) is 0 Å². The number of halogens is 1. The van der Waals surface area contributed by atoms with Crippen LogP contribution in [0.4, 0.5) is 10.3 Å². The molecule has 0 aliphatic carbocycles. The molecule has 1 aromatic heterocycles. The Morgan fingerprint density at radius 3 is 2.41 bits per heavy atom. The van der Waals surface area contributed by atoms with Crippen molar-refractivity contribution >= 4 is 11.9 Å². The molecule has 6 heteroatoms. The van der Waals surface area contributed by atoms with Crippen molar-refractivity contribution in [1.29, 1.82) is 0 Å². The van der Waals surface area contributed by atoms with Crippen molar-refractivity contribution in [3.8, 4) is 0 Å². The average molecular weight is 300 g/mol. The van der Waals surface area contributed by atoms with Crippen molar-refractivity contribution in [2.45, 2.75) is 18.9 Å². The van der Waals surface area contributed by atoms with Gasteiger partial charge in [-0.1, -0.05) is 0 Å². The summed E-state index contributed by atoms with van der Waals surface area (Å²) in [4.78, 5) is 22.7. The minimum absolute atomic E-state index is 0.123. The van der Waals surface area contributed by atoms with Crippen molar-refractivity contribution in [3.63, 3.8) is 0 Å². The van der Waals surface area contributed by atoms with Gasteiger partial charge in [-0.15, -0.1) is 0 Å². The topological polar surface area (TPSA) is 58.1 Å². The van der Waals surface area contributed by atoms with Gasteiger partial charge in [0.1, 0.15) is 5.82 Å². The van der Waals surface area contributed by atoms with E-state index in [-0.39, 0.29) is 17.8 Å². The van der Waals surface area contributed by atoms with E-state index >= 15 is 0 Å². The number of nitrogens with one attached hydrogen (secondary N) is 1. The molecule has 114 valence electrons. The highest BCUT2D eigenvalue weighted by Gasteiger charge is 2.22. The number of hydrogen-bond donors (Lipinski definition) is 1. The molecule has 1 aliphatic rings. The first-order valence-electron chi connectivity index (χ1n) is 7.31. The number of rotatable bonds is 3. The van der Waals surface area contributed by atoms with Crippen LogP contribution < -0.4 is 10.2 Å². The molecule has 1 fully saturated rings. The molecule has 2 heterocycles. The number of carbonyl (C=O) groups is 1. The summed E-state index contributed by atoms with van der Waals surface area (Å²) in [6.07, 6.45) is 5.13. The Morgan fingerprint density at radius 2 is 1.77 bits per heavy atom. The number of anilines is 1. The third-order valence-corrected chi connectivity index (χ3v) is 3.77. The quantitative estimate of drug-likeness (QED) is 0.942. The van der Waals surface area contributed by atoms with Crippen LogP contribution in [-0.4, -0.2) is 35.0 Å². The molecule has 0 spiro atoms. The molecule has 0 saturated carbocycles. The van der Waals surface area contributed by atoms with E-state index in [2.05, 4.69) is 20.2 Å². The molecule has 5 nitrogen and oxygen atoms in total. The first-order chi connectivity index (χ1) is 10.7. The molecule has 0 bridgehead atoms. The second-order valence-electron chi connectivity index (χ2n) is 5.29. The summed E-state index contributed by atoms with van der Waals surface area (Å²) >= 11 is 0. The summed E-state index contributed by atoms with van der Waals surface area (Å²) in [6.45, 7) is 1.61. The normalized spacial score (nSPS) is 15.6. The molecule has 1 N–H and O–H groups in total. The number of piperidine rings is 1. The smallest absolute Gasteiger partial charge is 0.251 e. The Labute approximate surface area is 128 Å². The standard InChI is InChI=1S/C16H17FN4O/c17-13-4-2-12(3-5-13)15(22)20-14-6-10-21(11-7-14)16-18-8-1-9-19-16/h1-5,8-9,14H,6-7,10-11H2,(H,20,22). The predicted octanol–water partition coefficient (Wildman–Crippen LogP) is 2.01. The van der Waals surface area contributed by atoms with Gasteiger partial charge in [-0.25, -0.2) is 14.4 Å². The van der Waals surface area contributed by atoms with Gasteiger partial charge in [0.15, 0.2) is 0 Å². The van der Waals surface area contributed by atoms with E-state index < -0.39 is 0 Å². The van der Waals surface area contributed by atoms with E-state index in [9.17, 15) is 9.18 Å². The van der Waals surface area contributed by atoms with Crippen molar-refractivity contribution in [2.75, 3.05) is 18.0 Å². The zero-order valence-electron chi connectivity index (χ0n) is 12.1. The van der Waals surface area contributed by atoms with E-state index in [4.69, 9.17) is 0 Å². The minimum Gasteiger partial charge on any atom is -0.349 e. The maximum absolute atomic E-state index is 12.9. The highest BCUT2D eigenvalue weighted by atomic mass is 19.1. The summed E-state index contributed by atoms with van der Waals surface area (Å²) in [7, 11) is 0. The fourth-order valence-electron chi connectivity index (χ4n) is 2.55. The summed E-state index contributed by atoms with van der Waals surface area (Å²) in [5.74, 6) is 0.230. The fraction of sp³-hybridized carbons (Fsp3) is 0.312. The summed E-state index contributed by atoms with van der Waals surface area (Å²) in [5, 5.41) is 3.00. The zero-order valence-corrected chi connectivity index (χ0v) is 12.1. The number of hydrogen-bond acceptors (Lipinski definition) is 4. The van der Waals surface area contributed by atoms with Crippen molar-refractivity contribution in [1.82, 2.24) is 15.3 Å². The van der Waals surface area contributed by atoms with Crippen LogP contribution in [0.3, 0.4) is 0 Å². The largest absolute Gasteiger partial charge is 0.349 e. The molecule has 0 radical (unpaired) electrons. The van der Waals surface area contributed by atoms with Gasteiger partial charge < -0.3 is 10.2 Å². The summed E-state index contributed by atoms with van der Waals surface area (Å²) < 4.78 is 12.9. The van der Waals surface area contributed by atoms with Crippen LogP contribution in [0.2, 0.25) is 0 Å². The monoisotopic (exact) mass is 300 g/mol. The number of benzene rings is 1. The van der Waals surface area contributed by atoms with Gasteiger partial charge in [0.25, 0.3) is 5.91 Å². The Bertz CT molecular complexity index is 624. The SMILES string of the molecule is O=C(NC1CCN(c2ncccn2)CC1)c1ccc(F)cc1. The van der Waals surface area contributed by atoms with E-state index in [0.717, 1.165) is 31.9 Å². The van der Waals surface area contributed by atoms with Crippen LogP contribution in [0.5, 0.6) is 0 Å². The van der Waals surface area contributed by atoms with Gasteiger partial charge in [0.05, 0.1) is 0 Å². The third kappa shape index (κ3) is 3.39. The maximum Gasteiger partial charge on any atom is 0.251 e. The van der Waals surface area contributed by atoms with Crippen molar-refractivity contribution in [2.24, 2.45) is 0 Å². The van der Waals surface area contributed by atoms with Crippen LogP contribution in [0.25, 0.3) is 0 Å². The van der Waals surface area contributed by atoms with E-state index in [1.807, 2.05) is 0 Å². The van der Waals surface area contributed by atoms with Gasteiger partial charge >= 0.3 is 0 Å². The van der Waals surface area contributed by atoms with Crippen molar-refractivity contribution < 1.29 is 9.18 Å². The Balaban J connectivity index is 1.53. The molecule has 1 amide bonds. The molecule has 22 heavy (non-hydrogen) atoms. The molecular weight excluding hydrogens is 283 g/mol. The summed E-state index contributed by atoms with van der Waals surface area (Å²) in [6, 6.07) is 7.50. The Hall–Kier alpha value is -2.50. The number of nitrogens with zero attached hydrogens (tertiary/aromatic N) is 3. The number of aromatic nitrogens is 2. The zero-order chi connectivity index (χ0) is 15.4. The Kier molecular flexibility index (Phi) is 4.27. The molecule has 1 aromatic carbocycles. The van der Waals surface area contributed by atoms with E-state index in [1.54, 1.807) is 18.5 Å². The first-order valence-corrected chi connectivity index (χ1v) is 7.31. The van der Waals surface area contributed by atoms with Crippen LogP contribution in [-0.2, 0) is 0 Å². The first kappa shape index (κ1) is 14.4. The third-order valence-electron chi connectivity index (χ3n) is 3.77. The molecule has 3 rings (SSSR count). The number of carbonyl (C=O) groups excluding carboxylic acids is 1. The van der Waals surface area contributed by atoms with E-state index in [0.29, 0.717) is 5.56 Å². The lowest BCUT2D eigenvalue weighted by Gasteiger charge is -2.32. The lowest BCUT2D eigenvalue weighted by atomic mass is 10.0. The lowest BCUT2D eigenvalue weighted by molar-refractivity contribution is 0.0931. The molecule has 1 saturated heterocycles. The highest BCUT2D eigenvalue weighted by Crippen LogP contribution is 2.15. The average Bonchev–Trinajstić information content (AvgIpc) is 2.57. The Morgan fingerprint density at radius 1 is 1.14 bits per heavy atom. The molecule has 0 unspecified atom stereocenters. The predicted molar refractivity (Wildman–Crippen MR) is 81.1 cm³/mol. The van der Waals surface area contributed by atoms with Crippen LogP contribution in [0.1, 0.15) is 23.2 Å². The lowest BCUT2D eigenvalue weighted by Crippen LogP contribution is -2.45. The molecular formula is C16H17FN4O. The molecule has 1 aliphatic heterocycles. The molecule has 0 atom stereocenters.